The lowest BCUT2D eigenvalue weighted by Crippen LogP contribution is -2.50. The number of hydrogen-bond donors (Lipinski definition) is 0. The van der Waals surface area contributed by atoms with Crippen LogP contribution >= 0.6 is 15.9 Å². The topological polar surface area (TPSA) is 41.4 Å². The largest absolute Gasteiger partial charge is 0.304 e. The molecule has 1 aliphatic rings. The van der Waals surface area contributed by atoms with Crippen LogP contribution < -0.4 is 0 Å². The molecular weight excluding hydrogens is 320 g/mol. The number of halogens is 1. The number of piperazine rings is 1. The van der Waals surface area contributed by atoms with E-state index < -0.39 is 0 Å². The molecule has 2 rings (SSSR count). The quantitative estimate of drug-likeness (QED) is 0.785. The van der Waals surface area contributed by atoms with Gasteiger partial charge >= 0.3 is 0 Å². The molecule has 0 aliphatic carbocycles. The Hall–Kier alpha value is -0.720. The number of Topliss-reactive ketones (excluding diaryl/α,β-unsaturated/α-hetero) is 1. The van der Waals surface area contributed by atoms with Gasteiger partial charge in [0.15, 0.2) is 5.78 Å². The first-order chi connectivity index (χ1) is 9.40. The first-order valence-electron chi connectivity index (χ1n) is 7.05. The van der Waals surface area contributed by atoms with Crippen LogP contribution in [0.15, 0.2) is 10.7 Å². The first-order valence-corrected chi connectivity index (χ1v) is 7.84. The fourth-order valence-electron chi connectivity index (χ4n) is 2.63. The number of carbonyl (C=O) groups is 1. The molecule has 0 bridgehead atoms. The molecule has 1 saturated heterocycles. The molecule has 0 aromatic carbocycles. The van der Waals surface area contributed by atoms with Crippen molar-refractivity contribution in [2.45, 2.75) is 32.4 Å². The molecule has 1 aromatic rings. The van der Waals surface area contributed by atoms with Crippen LogP contribution in [0.5, 0.6) is 0 Å². The lowest BCUT2D eigenvalue weighted by atomic mass is 10.0. The van der Waals surface area contributed by atoms with Crippen molar-refractivity contribution in [3.05, 3.63) is 16.4 Å². The molecule has 5 nitrogen and oxygen atoms in total. The van der Waals surface area contributed by atoms with Gasteiger partial charge in [-0.3, -0.25) is 9.48 Å². The van der Waals surface area contributed by atoms with E-state index in [0.717, 1.165) is 24.1 Å². The molecule has 1 atom stereocenters. The van der Waals surface area contributed by atoms with Crippen LogP contribution in [-0.2, 0) is 0 Å². The van der Waals surface area contributed by atoms with Crippen molar-refractivity contribution in [1.82, 2.24) is 19.6 Å². The Balaban J connectivity index is 2.14. The molecule has 0 saturated carbocycles. The smallest absolute Gasteiger partial charge is 0.183 e. The minimum Gasteiger partial charge on any atom is -0.304 e. The Labute approximate surface area is 129 Å². The van der Waals surface area contributed by atoms with E-state index in [1.165, 1.54) is 0 Å². The van der Waals surface area contributed by atoms with E-state index in [1.54, 1.807) is 10.9 Å². The average Bonchev–Trinajstić information content (AvgIpc) is 2.76. The normalized spacial score (nSPS) is 21.6. The maximum atomic E-state index is 12.6. The van der Waals surface area contributed by atoms with Crippen molar-refractivity contribution < 1.29 is 4.79 Å². The number of nitrogens with zero attached hydrogens (tertiary/aromatic N) is 4. The van der Waals surface area contributed by atoms with Gasteiger partial charge in [-0.25, -0.2) is 0 Å². The summed E-state index contributed by atoms with van der Waals surface area (Å²) in [5.74, 6) is 0.162. The highest BCUT2D eigenvalue weighted by atomic mass is 79.9. The monoisotopic (exact) mass is 342 g/mol. The SMILES string of the molecule is CC(C)n1ncc(Br)c1C(=O)CC1CN(C)CCN1C. The third-order valence-corrected chi connectivity index (χ3v) is 4.49. The lowest BCUT2D eigenvalue weighted by Gasteiger charge is -2.37. The molecule has 20 heavy (non-hydrogen) atoms. The summed E-state index contributed by atoms with van der Waals surface area (Å²) in [7, 11) is 4.21. The molecule has 6 heteroatoms. The van der Waals surface area contributed by atoms with E-state index in [-0.39, 0.29) is 17.9 Å². The van der Waals surface area contributed by atoms with Gasteiger partial charge in [0.1, 0.15) is 5.69 Å². The molecule has 112 valence electrons. The van der Waals surface area contributed by atoms with E-state index in [9.17, 15) is 4.79 Å². The highest BCUT2D eigenvalue weighted by Crippen LogP contribution is 2.23. The summed E-state index contributed by atoms with van der Waals surface area (Å²) in [4.78, 5) is 17.2. The Morgan fingerprint density at radius 3 is 2.80 bits per heavy atom. The van der Waals surface area contributed by atoms with Crippen molar-refractivity contribution in [3.8, 4) is 0 Å². The van der Waals surface area contributed by atoms with Crippen LogP contribution in [0.2, 0.25) is 0 Å². The number of likely N-dealkylation sites (N-methyl/N-ethyl adjacent to an activating group) is 2. The van der Waals surface area contributed by atoms with Crippen molar-refractivity contribution in [2.75, 3.05) is 33.7 Å². The molecule has 0 N–H and O–H groups in total. The molecule has 1 unspecified atom stereocenters. The zero-order valence-corrected chi connectivity index (χ0v) is 14.2. The van der Waals surface area contributed by atoms with E-state index >= 15 is 0 Å². The third kappa shape index (κ3) is 3.30. The molecular formula is C14H23BrN4O. The average molecular weight is 343 g/mol. The molecule has 0 spiro atoms. The molecule has 0 radical (unpaired) electrons. The number of hydrogen-bond acceptors (Lipinski definition) is 4. The summed E-state index contributed by atoms with van der Waals surface area (Å²) >= 11 is 3.45. The first kappa shape index (κ1) is 15.7. The maximum Gasteiger partial charge on any atom is 0.183 e. The second-order valence-electron chi connectivity index (χ2n) is 5.90. The maximum absolute atomic E-state index is 12.6. The summed E-state index contributed by atoms with van der Waals surface area (Å²) in [6, 6.07) is 0.468. The zero-order valence-electron chi connectivity index (χ0n) is 12.6. The van der Waals surface area contributed by atoms with Crippen LogP contribution in [0, 0.1) is 0 Å². The van der Waals surface area contributed by atoms with Gasteiger partial charge in [0, 0.05) is 38.1 Å². The van der Waals surface area contributed by atoms with E-state index in [1.807, 2.05) is 13.8 Å². The zero-order chi connectivity index (χ0) is 14.9. The van der Waals surface area contributed by atoms with Crippen LogP contribution in [0.3, 0.4) is 0 Å². The predicted octanol–water partition coefficient (Wildman–Crippen LogP) is 2.05. The van der Waals surface area contributed by atoms with Crippen LogP contribution in [0.1, 0.15) is 36.8 Å². The van der Waals surface area contributed by atoms with E-state index in [2.05, 4.69) is 44.9 Å². The predicted molar refractivity (Wildman–Crippen MR) is 83.2 cm³/mol. The fraction of sp³-hybridized carbons (Fsp3) is 0.714. The number of ketones is 1. The summed E-state index contributed by atoms with van der Waals surface area (Å²) in [6.45, 7) is 7.09. The van der Waals surface area contributed by atoms with E-state index in [0.29, 0.717) is 12.1 Å². The van der Waals surface area contributed by atoms with Crippen LogP contribution in [-0.4, -0.2) is 65.1 Å². The third-order valence-electron chi connectivity index (χ3n) is 3.91. The van der Waals surface area contributed by atoms with E-state index in [4.69, 9.17) is 0 Å². The molecule has 0 amide bonds. The second kappa shape index (κ2) is 6.37. The minimum atomic E-state index is 0.162. The van der Waals surface area contributed by atoms with Crippen molar-refractivity contribution in [2.24, 2.45) is 0 Å². The van der Waals surface area contributed by atoms with Gasteiger partial charge in [-0.2, -0.15) is 5.10 Å². The van der Waals surface area contributed by atoms with Crippen molar-refractivity contribution in [1.29, 1.82) is 0 Å². The summed E-state index contributed by atoms with van der Waals surface area (Å²) in [5.41, 5.74) is 0.696. The van der Waals surface area contributed by atoms with Gasteiger partial charge in [0.25, 0.3) is 0 Å². The minimum absolute atomic E-state index is 0.162. The van der Waals surface area contributed by atoms with Crippen molar-refractivity contribution >= 4 is 21.7 Å². The molecule has 1 aromatic heterocycles. The van der Waals surface area contributed by atoms with Crippen molar-refractivity contribution in [3.63, 3.8) is 0 Å². The number of carbonyl (C=O) groups excluding carboxylic acids is 1. The number of rotatable bonds is 4. The van der Waals surface area contributed by atoms with Gasteiger partial charge in [-0.05, 0) is 43.9 Å². The molecule has 1 aliphatic heterocycles. The van der Waals surface area contributed by atoms with Gasteiger partial charge in [0.05, 0.1) is 10.7 Å². The van der Waals surface area contributed by atoms with Gasteiger partial charge in [0.2, 0.25) is 0 Å². The molecule has 1 fully saturated rings. The molecule has 2 heterocycles. The Bertz CT molecular complexity index is 486. The van der Waals surface area contributed by atoms with Crippen LogP contribution in [0.25, 0.3) is 0 Å². The highest BCUT2D eigenvalue weighted by molar-refractivity contribution is 9.10. The van der Waals surface area contributed by atoms with Gasteiger partial charge in [-0.1, -0.05) is 0 Å². The highest BCUT2D eigenvalue weighted by Gasteiger charge is 2.27. The van der Waals surface area contributed by atoms with Gasteiger partial charge < -0.3 is 9.80 Å². The standard InChI is InChI=1S/C14H23BrN4O/c1-10(2)19-14(12(15)8-16-19)13(20)7-11-9-17(3)5-6-18(11)4/h8,10-11H,5-7,9H2,1-4H3. The van der Waals surface area contributed by atoms with Crippen LogP contribution in [0.4, 0.5) is 0 Å². The fourth-order valence-corrected chi connectivity index (χ4v) is 3.12. The summed E-state index contributed by atoms with van der Waals surface area (Å²) in [5, 5.41) is 4.29. The summed E-state index contributed by atoms with van der Waals surface area (Å²) < 4.78 is 2.60. The van der Waals surface area contributed by atoms with Gasteiger partial charge in [-0.15, -0.1) is 0 Å². The Kier molecular flexibility index (Phi) is 4.99. The Morgan fingerprint density at radius 1 is 1.45 bits per heavy atom. The summed E-state index contributed by atoms with van der Waals surface area (Å²) in [6.07, 6.45) is 2.25. The second-order valence-corrected chi connectivity index (χ2v) is 6.76. The lowest BCUT2D eigenvalue weighted by molar-refractivity contribution is 0.0799. The Morgan fingerprint density at radius 2 is 2.15 bits per heavy atom. The number of aromatic nitrogens is 2.